The molecule has 0 atom stereocenters. The van der Waals surface area contributed by atoms with E-state index in [2.05, 4.69) is 26.7 Å². The van der Waals surface area contributed by atoms with Gasteiger partial charge in [-0.2, -0.15) is 5.26 Å². The van der Waals surface area contributed by atoms with Crippen LogP contribution in [0, 0.1) is 11.3 Å². The molecule has 0 bridgehead atoms. The molecule has 0 unspecified atom stereocenters. The minimum atomic E-state index is -0.125. The summed E-state index contributed by atoms with van der Waals surface area (Å²) >= 11 is 0. The van der Waals surface area contributed by atoms with Gasteiger partial charge in [-0.15, -0.1) is 0 Å². The Labute approximate surface area is 140 Å². The van der Waals surface area contributed by atoms with Crippen molar-refractivity contribution in [2.24, 2.45) is 0 Å². The van der Waals surface area contributed by atoms with E-state index in [0.717, 1.165) is 18.5 Å². The van der Waals surface area contributed by atoms with Crippen LogP contribution in [0.2, 0.25) is 0 Å². The van der Waals surface area contributed by atoms with E-state index in [1.54, 1.807) is 18.2 Å². The van der Waals surface area contributed by atoms with Crippen LogP contribution in [0.15, 0.2) is 36.7 Å². The van der Waals surface area contributed by atoms with Crippen molar-refractivity contribution < 1.29 is 4.79 Å². The molecule has 1 saturated carbocycles. The maximum Gasteiger partial charge on any atom is 0.254 e. The van der Waals surface area contributed by atoms with Crippen LogP contribution in [-0.2, 0) is 0 Å². The minimum Gasteiger partial charge on any atom is -0.349 e. The van der Waals surface area contributed by atoms with Gasteiger partial charge in [0.15, 0.2) is 0 Å². The van der Waals surface area contributed by atoms with Crippen molar-refractivity contribution in [2.75, 3.05) is 5.32 Å². The second-order valence-corrected chi connectivity index (χ2v) is 5.92. The van der Waals surface area contributed by atoms with Crippen LogP contribution in [0.1, 0.15) is 48.0 Å². The topological polar surface area (TPSA) is 90.7 Å². The fourth-order valence-corrected chi connectivity index (χ4v) is 2.82. The molecule has 1 aliphatic rings. The molecular weight excluding hydrogens is 302 g/mol. The number of carbonyl (C=O) groups is 1. The first-order chi connectivity index (χ1) is 11.7. The van der Waals surface area contributed by atoms with Gasteiger partial charge < -0.3 is 10.6 Å². The van der Waals surface area contributed by atoms with Crippen molar-refractivity contribution in [3.8, 4) is 6.07 Å². The lowest BCUT2D eigenvalue weighted by atomic mass is 9.95. The highest BCUT2D eigenvalue weighted by molar-refractivity contribution is 5.93. The van der Waals surface area contributed by atoms with Crippen LogP contribution in [0.4, 0.5) is 11.6 Å². The van der Waals surface area contributed by atoms with Gasteiger partial charge in [0.2, 0.25) is 5.95 Å². The number of rotatable bonds is 4. The molecule has 0 saturated heterocycles. The highest BCUT2D eigenvalue weighted by Crippen LogP contribution is 2.18. The number of amides is 1. The first kappa shape index (κ1) is 15.9. The van der Waals surface area contributed by atoms with E-state index in [0.29, 0.717) is 17.1 Å². The number of nitrogens with zero attached hydrogens (tertiary/aromatic N) is 3. The SMILES string of the molecule is N#Cc1cccc(Nc2ncc(C(=O)NC3CCCCC3)cn2)c1. The highest BCUT2D eigenvalue weighted by Gasteiger charge is 2.17. The van der Waals surface area contributed by atoms with Crippen LogP contribution >= 0.6 is 0 Å². The maximum absolute atomic E-state index is 12.2. The molecule has 0 spiro atoms. The number of nitrogens with one attached hydrogen (secondary N) is 2. The number of hydrogen-bond donors (Lipinski definition) is 2. The smallest absolute Gasteiger partial charge is 0.254 e. The lowest BCUT2D eigenvalue weighted by Gasteiger charge is -2.22. The Morgan fingerprint density at radius 2 is 1.92 bits per heavy atom. The molecule has 0 radical (unpaired) electrons. The summed E-state index contributed by atoms with van der Waals surface area (Å²) in [7, 11) is 0. The summed E-state index contributed by atoms with van der Waals surface area (Å²) in [6.07, 6.45) is 8.72. The molecular formula is C18H19N5O. The molecule has 2 N–H and O–H groups in total. The molecule has 1 amide bonds. The molecule has 2 aromatic rings. The maximum atomic E-state index is 12.2. The van der Waals surface area contributed by atoms with Gasteiger partial charge in [0.1, 0.15) is 0 Å². The summed E-state index contributed by atoms with van der Waals surface area (Å²) in [6.45, 7) is 0. The Bertz CT molecular complexity index is 745. The molecule has 6 heteroatoms. The Balaban J connectivity index is 1.62. The highest BCUT2D eigenvalue weighted by atomic mass is 16.1. The van der Waals surface area contributed by atoms with Crippen molar-refractivity contribution in [3.63, 3.8) is 0 Å². The lowest BCUT2D eigenvalue weighted by molar-refractivity contribution is 0.0927. The van der Waals surface area contributed by atoms with E-state index in [1.807, 2.05) is 6.07 Å². The number of hydrogen-bond acceptors (Lipinski definition) is 5. The van der Waals surface area contributed by atoms with Gasteiger partial charge in [-0.25, -0.2) is 9.97 Å². The molecule has 1 aromatic heterocycles. The molecule has 0 aliphatic heterocycles. The quantitative estimate of drug-likeness (QED) is 0.902. The Morgan fingerprint density at radius 3 is 2.62 bits per heavy atom. The van der Waals surface area contributed by atoms with Crippen LogP contribution in [0.25, 0.3) is 0 Å². The van der Waals surface area contributed by atoms with Crippen molar-refractivity contribution >= 4 is 17.5 Å². The van der Waals surface area contributed by atoms with E-state index in [1.165, 1.54) is 31.7 Å². The molecule has 24 heavy (non-hydrogen) atoms. The van der Waals surface area contributed by atoms with Crippen LogP contribution in [-0.4, -0.2) is 21.9 Å². The van der Waals surface area contributed by atoms with Crippen molar-refractivity contribution in [2.45, 2.75) is 38.1 Å². The second kappa shape index (κ2) is 7.55. The van der Waals surface area contributed by atoms with Gasteiger partial charge in [-0.1, -0.05) is 25.3 Å². The number of nitriles is 1. The third-order valence-corrected chi connectivity index (χ3v) is 4.10. The predicted octanol–water partition coefficient (Wildman–Crippen LogP) is 3.15. The van der Waals surface area contributed by atoms with Gasteiger partial charge in [0, 0.05) is 24.1 Å². The molecule has 3 rings (SSSR count). The lowest BCUT2D eigenvalue weighted by Crippen LogP contribution is -2.36. The molecule has 122 valence electrons. The zero-order valence-electron chi connectivity index (χ0n) is 13.3. The minimum absolute atomic E-state index is 0.125. The normalized spacial score (nSPS) is 14.6. The van der Waals surface area contributed by atoms with Crippen molar-refractivity contribution in [1.82, 2.24) is 15.3 Å². The third kappa shape index (κ3) is 4.07. The summed E-state index contributed by atoms with van der Waals surface area (Å²) < 4.78 is 0. The summed E-state index contributed by atoms with van der Waals surface area (Å²) in [5.74, 6) is 0.263. The average molecular weight is 321 g/mol. The van der Waals surface area contributed by atoms with E-state index in [4.69, 9.17) is 5.26 Å². The zero-order chi connectivity index (χ0) is 16.8. The summed E-state index contributed by atoms with van der Waals surface area (Å²) in [6, 6.07) is 9.40. The summed E-state index contributed by atoms with van der Waals surface area (Å²) in [4.78, 5) is 20.6. The third-order valence-electron chi connectivity index (χ3n) is 4.10. The summed E-state index contributed by atoms with van der Waals surface area (Å²) in [5, 5.41) is 15.0. The largest absolute Gasteiger partial charge is 0.349 e. The van der Waals surface area contributed by atoms with Crippen LogP contribution < -0.4 is 10.6 Å². The van der Waals surface area contributed by atoms with E-state index >= 15 is 0 Å². The Hall–Kier alpha value is -2.94. The van der Waals surface area contributed by atoms with E-state index < -0.39 is 0 Å². The monoisotopic (exact) mass is 321 g/mol. The fourth-order valence-electron chi connectivity index (χ4n) is 2.82. The van der Waals surface area contributed by atoms with Gasteiger partial charge in [0.05, 0.1) is 17.2 Å². The predicted molar refractivity (Wildman–Crippen MR) is 90.8 cm³/mol. The molecule has 1 aliphatic carbocycles. The molecule has 1 heterocycles. The Kier molecular flexibility index (Phi) is 5.02. The number of aromatic nitrogens is 2. The van der Waals surface area contributed by atoms with E-state index in [-0.39, 0.29) is 11.9 Å². The van der Waals surface area contributed by atoms with Gasteiger partial charge >= 0.3 is 0 Å². The average Bonchev–Trinajstić information content (AvgIpc) is 2.63. The molecule has 1 fully saturated rings. The van der Waals surface area contributed by atoms with Crippen molar-refractivity contribution in [3.05, 3.63) is 47.8 Å². The van der Waals surface area contributed by atoms with Gasteiger partial charge in [-0.3, -0.25) is 4.79 Å². The number of carbonyl (C=O) groups excluding carboxylic acids is 1. The first-order valence-corrected chi connectivity index (χ1v) is 8.15. The molecule has 6 nitrogen and oxygen atoms in total. The molecule has 1 aromatic carbocycles. The second-order valence-electron chi connectivity index (χ2n) is 5.92. The van der Waals surface area contributed by atoms with Crippen LogP contribution in [0.3, 0.4) is 0 Å². The van der Waals surface area contributed by atoms with Crippen LogP contribution in [0.5, 0.6) is 0 Å². The Morgan fingerprint density at radius 1 is 1.17 bits per heavy atom. The summed E-state index contributed by atoms with van der Waals surface area (Å²) in [5.41, 5.74) is 1.74. The number of benzene rings is 1. The zero-order valence-corrected chi connectivity index (χ0v) is 13.3. The standard InChI is InChI=1S/C18H19N5O/c19-10-13-5-4-8-16(9-13)23-18-20-11-14(12-21-18)17(24)22-15-6-2-1-3-7-15/h4-5,8-9,11-12,15H,1-3,6-7H2,(H,22,24)(H,20,21,23). The van der Waals surface area contributed by atoms with Gasteiger partial charge in [0.25, 0.3) is 5.91 Å². The first-order valence-electron chi connectivity index (χ1n) is 8.15. The number of anilines is 2. The fraction of sp³-hybridized carbons (Fsp3) is 0.333. The van der Waals surface area contributed by atoms with Crippen molar-refractivity contribution in [1.29, 1.82) is 5.26 Å². The van der Waals surface area contributed by atoms with E-state index in [9.17, 15) is 4.79 Å². The van der Waals surface area contributed by atoms with Gasteiger partial charge in [-0.05, 0) is 31.0 Å².